The number of anilines is 1. The Morgan fingerprint density at radius 1 is 1.19 bits per heavy atom. The van der Waals surface area contributed by atoms with Crippen molar-refractivity contribution in [3.63, 3.8) is 0 Å². The largest absolute Gasteiger partial charge is 0.343 e. The summed E-state index contributed by atoms with van der Waals surface area (Å²) in [6.45, 7) is 3.86. The molecule has 0 unspecified atom stereocenters. The number of nitrogens with zero attached hydrogens (tertiary/aromatic N) is 2. The predicted octanol–water partition coefficient (Wildman–Crippen LogP) is 1.83. The first-order valence-electron chi connectivity index (χ1n) is 6.74. The Morgan fingerprint density at radius 3 is 2.57 bits per heavy atom. The van der Waals surface area contributed by atoms with E-state index in [4.69, 9.17) is 0 Å². The zero-order chi connectivity index (χ0) is 15.2. The molecule has 0 bridgehead atoms. The number of carbonyl (C=O) groups excluding carboxylic acids is 2. The third kappa shape index (κ3) is 3.92. The Hall–Kier alpha value is -2.63. The number of rotatable bonds is 5. The van der Waals surface area contributed by atoms with Gasteiger partial charge >= 0.3 is 0 Å². The monoisotopic (exact) mass is 286 g/mol. The molecule has 2 aromatic rings. The summed E-state index contributed by atoms with van der Waals surface area (Å²) in [7, 11) is 0. The minimum absolute atomic E-state index is 0.0863. The number of hydrogen-bond donors (Lipinski definition) is 2. The van der Waals surface area contributed by atoms with Gasteiger partial charge in [-0.25, -0.2) is 4.68 Å². The van der Waals surface area contributed by atoms with Crippen LogP contribution in [0.4, 0.5) is 5.82 Å². The van der Waals surface area contributed by atoms with Gasteiger partial charge in [0.2, 0.25) is 5.91 Å². The van der Waals surface area contributed by atoms with Crippen molar-refractivity contribution in [2.75, 3.05) is 11.9 Å². The maximum atomic E-state index is 11.9. The number of carbonyl (C=O) groups is 2. The fourth-order valence-electron chi connectivity index (χ4n) is 1.86. The first-order chi connectivity index (χ1) is 10.1. The topological polar surface area (TPSA) is 76.0 Å². The summed E-state index contributed by atoms with van der Waals surface area (Å²) in [5.74, 6) is 0.0498. The molecule has 0 aliphatic heterocycles. The second-order valence-electron chi connectivity index (χ2n) is 4.85. The zero-order valence-electron chi connectivity index (χ0n) is 12.0. The van der Waals surface area contributed by atoms with Crippen LogP contribution in [0.15, 0.2) is 42.6 Å². The van der Waals surface area contributed by atoms with Gasteiger partial charge < -0.3 is 10.6 Å². The summed E-state index contributed by atoms with van der Waals surface area (Å²) in [5.41, 5.74) is 0.525. The van der Waals surface area contributed by atoms with Gasteiger partial charge in [0.15, 0.2) is 0 Å². The van der Waals surface area contributed by atoms with Crippen LogP contribution in [-0.2, 0) is 4.79 Å². The number of nitrogens with one attached hydrogen (secondary N) is 2. The molecule has 0 fully saturated rings. The van der Waals surface area contributed by atoms with Crippen molar-refractivity contribution in [2.24, 2.45) is 0 Å². The van der Waals surface area contributed by atoms with Gasteiger partial charge in [-0.2, -0.15) is 5.10 Å². The molecular formula is C15H18N4O2. The van der Waals surface area contributed by atoms with E-state index in [1.165, 1.54) is 0 Å². The van der Waals surface area contributed by atoms with Crippen LogP contribution in [0.5, 0.6) is 0 Å². The second kappa shape index (κ2) is 6.69. The first-order valence-corrected chi connectivity index (χ1v) is 6.74. The highest BCUT2D eigenvalue weighted by Crippen LogP contribution is 2.12. The molecule has 0 radical (unpaired) electrons. The Bertz CT molecular complexity index is 620. The molecule has 0 aliphatic carbocycles. The molecule has 2 N–H and O–H groups in total. The van der Waals surface area contributed by atoms with E-state index >= 15 is 0 Å². The quantitative estimate of drug-likeness (QED) is 0.880. The third-order valence-corrected chi connectivity index (χ3v) is 2.87. The number of aromatic nitrogens is 2. The van der Waals surface area contributed by atoms with Gasteiger partial charge in [0, 0.05) is 17.7 Å². The molecule has 1 aromatic heterocycles. The van der Waals surface area contributed by atoms with E-state index in [0.29, 0.717) is 11.4 Å². The summed E-state index contributed by atoms with van der Waals surface area (Å²) in [5, 5.41) is 9.43. The van der Waals surface area contributed by atoms with E-state index in [-0.39, 0.29) is 24.4 Å². The van der Waals surface area contributed by atoms with Crippen molar-refractivity contribution in [3.05, 3.63) is 48.2 Å². The van der Waals surface area contributed by atoms with Gasteiger partial charge in [-0.15, -0.1) is 0 Å². The molecule has 0 atom stereocenters. The molecule has 1 heterocycles. The van der Waals surface area contributed by atoms with E-state index in [1.54, 1.807) is 41.2 Å². The van der Waals surface area contributed by atoms with E-state index in [2.05, 4.69) is 15.7 Å². The van der Waals surface area contributed by atoms with Crippen molar-refractivity contribution in [1.82, 2.24) is 15.1 Å². The number of hydrogen-bond acceptors (Lipinski definition) is 3. The summed E-state index contributed by atoms with van der Waals surface area (Å²) >= 11 is 0. The molecule has 1 aromatic carbocycles. The van der Waals surface area contributed by atoms with Gasteiger partial charge in [-0.1, -0.05) is 18.2 Å². The summed E-state index contributed by atoms with van der Waals surface area (Å²) in [6.07, 6.45) is 1.62. The van der Waals surface area contributed by atoms with Crippen LogP contribution in [0, 0.1) is 0 Å². The average Bonchev–Trinajstić information content (AvgIpc) is 2.94. The van der Waals surface area contributed by atoms with Crippen LogP contribution >= 0.6 is 0 Å². The number of benzene rings is 1. The van der Waals surface area contributed by atoms with Crippen LogP contribution in [0.25, 0.3) is 0 Å². The van der Waals surface area contributed by atoms with Crippen LogP contribution in [0.1, 0.15) is 30.2 Å². The standard InChI is InChI=1S/C15H18N4O2/c1-11(2)19-13(8-9-17-19)18-14(20)10-16-15(21)12-6-4-3-5-7-12/h3-9,11H,10H2,1-2H3,(H,16,21)(H,18,20). The predicted molar refractivity (Wildman–Crippen MR) is 80.0 cm³/mol. The molecule has 6 heteroatoms. The second-order valence-corrected chi connectivity index (χ2v) is 4.85. The lowest BCUT2D eigenvalue weighted by atomic mass is 10.2. The highest BCUT2D eigenvalue weighted by atomic mass is 16.2. The van der Waals surface area contributed by atoms with E-state index in [0.717, 1.165) is 0 Å². The molecule has 21 heavy (non-hydrogen) atoms. The SMILES string of the molecule is CC(C)n1nccc1NC(=O)CNC(=O)c1ccccc1. The van der Waals surface area contributed by atoms with Gasteiger partial charge in [0.1, 0.15) is 5.82 Å². The lowest BCUT2D eigenvalue weighted by Gasteiger charge is -2.12. The molecule has 2 amide bonds. The van der Waals surface area contributed by atoms with Crippen molar-refractivity contribution < 1.29 is 9.59 Å². The van der Waals surface area contributed by atoms with Crippen LogP contribution < -0.4 is 10.6 Å². The molecule has 110 valence electrons. The highest BCUT2D eigenvalue weighted by molar-refractivity contribution is 5.99. The fourth-order valence-corrected chi connectivity index (χ4v) is 1.86. The van der Waals surface area contributed by atoms with Gasteiger partial charge in [0.25, 0.3) is 5.91 Å². The Morgan fingerprint density at radius 2 is 1.90 bits per heavy atom. The molecule has 0 saturated carbocycles. The smallest absolute Gasteiger partial charge is 0.251 e. The van der Waals surface area contributed by atoms with E-state index in [9.17, 15) is 9.59 Å². The molecule has 0 spiro atoms. The van der Waals surface area contributed by atoms with Crippen molar-refractivity contribution in [2.45, 2.75) is 19.9 Å². The third-order valence-electron chi connectivity index (χ3n) is 2.87. The Balaban J connectivity index is 1.88. The summed E-state index contributed by atoms with van der Waals surface area (Å²) < 4.78 is 1.71. The summed E-state index contributed by atoms with van der Waals surface area (Å²) in [4.78, 5) is 23.7. The number of amides is 2. The maximum absolute atomic E-state index is 11.9. The lowest BCUT2D eigenvalue weighted by molar-refractivity contribution is -0.115. The lowest BCUT2D eigenvalue weighted by Crippen LogP contribution is -2.33. The van der Waals surface area contributed by atoms with Crippen LogP contribution in [-0.4, -0.2) is 28.1 Å². The molecule has 0 aliphatic rings. The summed E-state index contributed by atoms with van der Waals surface area (Å²) in [6, 6.07) is 10.6. The molecule has 6 nitrogen and oxygen atoms in total. The normalized spacial score (nSPS) is 10.4. The van der Waals surface area contributed by atoms with E-state index in [1.807, 2.05) is 19.9 Å². The van der Waals surface area contributed by atoms with Crippen molar-refractivity contribution >= 4 is 17.6 Å². The molecule has 2 rings (SSSR count). The average molecular weight is 286 g/mol. The minimum Gasteiger partial charge on any atom is -0.343 e. The Labute approximate surface area is 123 Å². The fraction of sp³-hybridized carbons (Fsp3) is 0.267. The van der Waals surface area contributed by atoms with Crippen molar-refractivity contribution in [1.29, 1.82) is 0 Å². The molecular weight excluding hydrogens is 268 g/mol. The van der Waals surface area contributed by atoms with Gasteiger partial charge in [-0.05, 0) is 26.0 Å². The van der Waals surface area contributed by atoms with Gasteiger partial charge in [0.05, 0.1) is 12.7 Å². The Kier molecular flexibility index (Phi) is 4.71. The minimum atomic E-state index is -0.290. The van der Waals surface area contributed by atoms with Gasteiger partial charge in [-0.3, -0.25) is 9.59 Å². The first kappa shape index (κ1) is 14.8. The van der Waals surface area contributed by atoms with Crippen molar-refractivity contribution in [3.8, 4) is 0 Å². The zero-order valence-corrected chi connectivity index (χ0v) is 12.0. The highest BCUT2D eigenvalue weighted by Gasteiger charge is 2.11. The van der Waals surface area contributed by atoms with Crippen LogP contribution in [0.2, 0.25) is 0 Å². The van der Waals surface area contributed by atoms with Crippen LogP contribution in [0.3, 0.4) is 0 Å². The molecule has 0 saturated heterocycles. The van der Waals surface area contributed by atoms with E-state index < -0.39 is 0 Å². The maximum Gasteiger partial charge on any atom is 0.251 e.